The zero-order valence-electron chi connectivity index (χ0n) is 12.6. The number of nitrogens with zero attached hydrogens (tertiary/aromatic N) is 2. The molecule has 0 atom stereocenters. The lowest BCUT2D eigenvalue weighted by Crippen LogP contribution is -2.24. The smallest absolute Gasteiger partial charge is 0.352 e. The summed E-state index contributed by atoms with van der Waals surface area (Å²) >= 11 is 5.89. The SMILES string of the molecule is CCCNC(=O)c1cnc(Nc2cc(C(F)(F)F)ccc2Cl)nc1. The van der Waals surface area contributed by atoms with E-state index >= 15 is 0 Å². The average Bonchev–Trinajstić information content (AvgIpc) is 2.54. The van der Waals surface area contributed by atoms with Gasteiger partial charge in [-0.1, -0.05) is 18.5 Å². The normalized spacial score (nSPS) is 11.2. The molecule has 0 aliphatic heterocycles. The topological polar surface area (TPSA) is 66.9 Å². The summed E-state index contributed by atoms with van der Waals surface area (Å²) in [5.74, 6) is -0.288. The molecule has 128 valence electrons. The fourth-order valence-corrected chi connectivity index (χ4v) is 1.93. The molecule has 0 fully saturated rings. The summed E-state index contributed by atoms with van der Waals surface area (Å²) in [6.45, 7) is 2.45. The first-order chi connectivity index (χ1) is 11.3. The van der Waals surface area contributed by atoms with Gasteiger partial charge < -0.3 is 10.6 Å². The Morgan fingerprint density at radius 3 is 2.50 bits per heavy atom. The average molecular weight is 359 g/mol. The molecule has 0 aliphatic rings. The van der Waals surface area contributed by atoms with Gasteiger partial charge in [0.1, 0.15) is 0 Å². The number of nitrogens with one attached hydrogen (secondary N) is 2. The van der Waals surface area contributed by atoms with Crippen molar-refractivity contribution in [2.45, 2.75) is 19.5 Å². The van der Waals surface area contributed by atoms with E-state index in [1.165, 1.54) is 12.4 Å². The quantitative estimate of drug-likeness (QED) is 0.846. The van der Waals surface area contributed by atoms with E-state index in [9.17, 15) is 18.0 Å². The predicted octanol–water partition coefficient (Wildman–Crippen LogP) is 4.03. The number of aromatic nitrogens is 2. The zero-order valence-corrected chi connectivity index (χ0v) is 13.4. The molecule has 2 N–H and O–H groups in total. The molecule has 0 unspecified atom stereocenters. The molecule has 2 aromatic rings. The largest absolute Gasteiger partial charge is 0.416 e. The monoisotopic (exact) mass is 358 g/mol. The fraction of sp³-hybridized carbons (Fsp3) is 0.267. The molecular weight excluding hydrogens is 345 g/mol. The number of hydrogen-bond acceptors (Lipinski definition) is 4. The van der Waals surface area contributed by atoms with Crippen LogP contribution in [-0.4, -0.2) is 22.4 Å². The minimum Gasteiger partial charge on any atom is -0.352 e. The van der Waals surface area contributed by atoms with Gasteiger partial charge in [-0.3, -0.25) is 4.79 Å². The van der Waals surface area contributed by atoms with Gasteiger partial charge in [0, 0.05) is 18.9 Å². The van der Waals surface area contributed by atoms with Crippen LogP contribution in [0, 0.1) is 0 Å². The second-order valence-corrected chi connectivity index (χ2v) is 5.28. The second-order valence-electron chi connectivity index (χ2n) is 4.87. The third kappa shape index (κ3) is 4.58. The van der Waals surface area contributed by atoms with E-state index < -0.39 is 11.7 Å². The number of rotatable bonds is 5. The standard InChI is InChI=1S/C15H14ClF3N4O/c1-2-5-20-13(24)9-7-21-14(22-8-9)23-12-6-10(15(17,18)19)3-4-11(12)16/h3-4,6-8H,2,5H2,1H3,(H,20,24)(H,21,22,23). The van der Waals surface area contributed by atoms with Crippen molar-refractivity contribution >= 4 is 29.1 Å². The minimum atomic E-state index is -4.48. The van der Waals surface area contributed by atoms with Gasteiger partial charge >= 0.3 is 6.18 Å². The van der Waals surface area contributed by atoms with Gasteiger partial charge in [-0.25, -0.2) is 9.97 Å². The van der Waals surface area contributed by atoms with Crippen LogP contribution >= 0.6 is 11.6 Å². The Kier molecular flexibility index (Phi) is 5.61. The molecule has 1 aromatic carbocycles. The number of carbonyl (C=O) groups excluding carboxylic acids is 1. The highest BCUT2D eigenvalue weighted by molar-refractivity contribution is 6.33. The molecule has 0 aliphatic carbocycles. The van der Waals surface area contributed by atoms with Crippen molar-refractivity contribution in [1.29, 1.82) is 0 Å². The van der Waals surface area contributed by atoms with E-state index in [0.29, 0.717) is 6.54 Å². The first-order valence-corrected chi connectivity index (χ1v) is 7.43. The Morgan fingerprint density at radius 1 is 1.25 bits per heavy atom. The lowest BCUT2D eigenvalue weighted by Gasteiger charge is -2.11. The molecule has 1 heterocycles. The highest BCUT2D eigenvalue weighted by atomic mass is 35.5. The summed E-state index contributed by atoms with van der Waals surface area (Å²) < 4.78 is 38.2. The Balaban J connectivity index is 2.15. The molecule has 2 rings (SSSR count). The van der Waals surface area contributed by atoms with Crippen molar-refractivity contribution in [2.75, 3.05) is 11.9 Å². The van der Waals surface area contributed by atoms with Gasteiger partial charge in [-0.2, -0.15) is 13.2 Å². The van der Waals surface area contributed by atoms with E-state index in [2.05, 4.69) is 20.6 Å². The number of alkyl halides is 3. The van der Waals surface area contributed by atoms with E-state index in [1.54, 1.807) is 0 Å². The van der Waals surface area contributed by atoms with Crippen molar-refractivity contribution in [3.05, 3.63) is 46.7 Å². The molecule has 0 spiro atoms. The summed E-state index contributed by atoms with van der Waals surface area (Å²) in [4.78, 5) is 19.6. The molecule has 24 heavy (non-hydrogen) atoms. The molecule has 9 heteroatoms. The van der Waals surface area contributed by atoms with Crippen LogP contribution in [0.15, 0.2) is 30.6 Å². The lowest BCUT2D eigenvalue weighted by molar-refractivity contribution is -0.137. The summed E-state index contributed by atoms with van der Waals surface area (Å²) in [5.41, 5.74) is -0.566. The van der Waals surface area contributed by atoms with Gasteiger partial charge in [0.25, 0.3) is 5.91 Å². The van der Waals surface area contributed by atoms with Crippen molar-refractivity contribution in [3.63, 3.8) is 0 Å². The first-order valence-electron chi connectivity index (χ1n) is 7.05. The van der Waals surface area contributed by atoms with Gasteiger partial charge in [0.15, 0.2) is 0 Å². The molecular formula is C15H14ClF3N4O. The van der Waals surface area contributed by atoms with Crippen molar-refractivity contribution in [2.24, 2.45) is 0 Å². The molecule has 0 radical (unpaired) electrons. The van der Waals surface area contributed by atoms with Crippen LogP contribution in [0.5, 0.6) is 0 Å². The Bertz CT molecular complexity index is 720. The third-order valence-electron chi connectivity index (χ3n) is 2.99. The number of hydrogen-bond donors (Lipinski definition) is 2. The predicted molar refractivity (Wildman–Crippen MR) is 84.4 cm³/mol. The van der Waals surface area contributed by atoms with Crippen LogP contribution < -0.4 is 10.6 Å². The summed E-state index contributed by atoms with van der Waals surface area (Å²) in [7, 11) is 0. The Morgan fingerprint density at radius 2 is 1.92 bits per heavy atom. The second kappa shape index (κ2) is 7.48. The van der Waals surface area contributed by atoms with E-state index in [0.717, 1.165) is 24.6 Å². The third-order valence-corrected chi connectivity index (χ3v) is 3.32. The highest BCUT2D eigenvalue weighted by Crippen LogP contribution is 2.34. The van der Waals surface area contributed by atoms with Crippen LogP contribution in [-0.2, 0) is 6.18 Å². The zero-order chi connectivity index (χ0) is 17.7. The molecule has 1 amide bonds. The van der Waals surface area contributed by atoms with Crippen LogP contribution in [0.1, 0.15) is 29.3 Å². The molecule has 5 nitrogen and oxygen atoms in total. The van der Waals surface area contributed by atoms with Gasteiger partial charge in [-0.15, -0.1) is 0 Å². The van der Waals surface area contributed by atoms with E-state index in [1.807, 2.05) is 6.92 Å². The van der Waals surface area contributed by atoms with Crippen LogP contribution in [0.25, 0.3) is 0 Å². The molecule has 0 saturated carbocycles. The number of halogens is 4. The van der Waals surface area contributed by atoms with E-state index in [4.69, 9.17) is 11.6 Å². The van der Waals surface area contributed by atoms with Crippen LogP contribution in [0.2, 0.25) is 5.02 Å². The molecule has 0 saturated heterocycles. The maximum Gasteiger partial charge on any atom is 0.416 e. The van der Waals surface area contributed by atoms with Crippen molar-refractivity contribution < 1.29 is 18.0 Å². The first kappa shape index (κ1) is 18.0. The van der Waals surface area contributed by atoms with Gasteiger partial charge in [0.2, 0.25) is 5.95 Å². The number of carbonyl (C=O) groups is 1. The van der Waals surface area contributed by atoms with Gasteiger partial charge in [0.05, 0.1) is 21.8 Å². The van der Waals surface area contributed by atoms with Crippen LogP contribution in [0.4, 0.5) is 24.8 Å². The fourth-order valence-electron chi connectivity index (χ4n) is 1.77. The number of benzene rings is 1. The number of amides is 1. The van der Waals surface area contributed by atoms with Crippen molar-refractivity contribution in [3.8, 4) is 0 Å². The van der Waals surface area contributed by atoms with E-state index in [-0.39, 0.29) is 28.1 Å². The maximum atomic E-state index is 12.7. The Labute approximate surface area is 141 Å². The van der Waals surface area contributed by atoms with Gasteiger partial charge in [-0.05, 0) is 24.6 Å². The minimum absolute atomic E-state index is 0.0228. The summed E-state index contributed by atoms with van der Waals surface area (Å²) in [5, 5.41) is 5.37. The lowest BCUT2D eigenvalue weighted by atomic mass is 10.2. The highest BCUT2D eigenvalue weighted by Gasteiger charge is 2.31. The molecule has 1 aromatic heterocycles. The van der Waals surface area contributed by atoms with Crippen LogP contribution in [0.3, 0.4) is 0 Å². The summed E-state index contributed by atoms with van der Waals surface area (Å²) in [6, 6.07) is 2.89. The maximum absolute atomic E-state index is 12.7. The van der Waals surface area contributed by atoms with Crippen molar-refractivity contribution in [1.82, 2.24) is 15.3 Å². The molecule has 0 bridgehead atoms. The number of anilines is 2. The Hall–Kier alpha value is -2.35. The summed E-state index contributed by atoms with van der Waals surface area (Å²) in [6.07, 6.45) is -1.13.